The highest BCUT2D eigenvalue weighted by atomic mass is 16.5. The fourth-order valence-corrected chi connectivity index (χ4v) is 3.15. The van der Waals surface area contributed by atoms with E-state index in [4.69, 9.17) is 9.47 Å². The molecule has 0 unspecified atom stereocenters. The molecular weight excluding hydrogens is 392 g/mol. The average molecular weight is 427 g/mol. The molecule has 0 fully saturated rings. The van der Waals surface area contributed by atoms with Gasteiger partial charge in [-0.15, -0.1) is 0 Å². The molecule has 0 radical (unpaired) electrons. The second kappa shape index (κ2) is 10.8. The van der Waals surface area contributed by atoms with E-state index >= 15 is 0 Å². The Balaban J connectivity index is 2.14. The smallest absolute Gasteiger partial charge is 0.261 e. The fraction of sp³-hybridized carbons (Fsp3) is 0.440. The van der Waals surface area contributed by atoms with E-state index in [2.05, 4.69) is 26.1 Å². The number of amides is 2. The number of carbonyl (C=O) groups is 2. The molecule has 2 rings (SSSR count). The standard InChI is InChI=1S/C25H34N2O4/c1-7-26-24(29)18(2)27(16-19-9-8-10-22(15-19)30-6)23(28)17-31-21-13-11-20(12-14-21)25(3,4)5/h8-15,18H,7,16-17H2,1-6H3,(H,26,29)/t18-/m0/s1. The first kappa shape index (κ1) is 24.3. The van der Waals surface area contributed by atoms with Crippen molar-refractivity contribution >= 4 is 11.8 Å². The monoisotopic (exact) mass is 426 g/mol. The number of likely N-dealkylation sites (N-methyl/N-ethyl adjacent to an activating group) is 1. The number of rotatable bonds is 9. The quantitative estimate of drug-likeness (QED) is 0.660. The van der Waals surface area contributed by atoms with Crippen LogP contribution in [0.3, 0.4) is 0 Å². The predicted octanol–water partition coefficient (Wildman–Crippen LogP) is 3.92. The van der Waals surface area contributed by atoms with Crippen LogP contribution in [-0.4, -0.2) is 43.0 Å². The third kappa shape index (κ3) is 7.02. The van der Waals surface area contributed by atoms with Crippen molar-refractivity contribution in [2.24, 2.45) is 0 Å². The van der Waals surface area contributed by atoms with Crippen molar-refractivity contribution in [2.45, 2.75) is 52.6 Å². The van der Waals surface area contributed by atoms with Crippen molar-refractivity contribution in [3.05, 3.63) is 59.7 Å². The highest BCUT2D eigenvalue weighted by Crippen LogP contribution is 2.24. The van der Waals surface area contributed by atoms with Crippen molar-refractivity contribution in [3.8, 4) is 11.5 Å². The maximum absolute atomic E-state index is 13.0. The van der Waals surface area contributed by atoms with Crippen LogP contribution in [0.4, 0.5) is 0 Å². The van der Waals surface area contributed by atoms with Gasteiger partial charge in [-0.3, -0.25) is 9.59 Å². The number of nitrogens with zero attached hydrogens (tertiary/aromatic N) is 1. The number of ether oxygens (including phenoxy) is 2. The second-order valence-electron chi connectivity index (χ2n) is 8.51. The van der Waals surface area contributed by atoms with Crippen LogP contribution < -0.4 is 14.8 Å². The molecule has 0 aliphatic rings. The summed E-state index contributed by atoms with van der Waals surface area (Å²) in [7, 11) is 1.60. The first-order valence-corrected chi connectivity index (χ1v) is 10.6. The molecule has 6 nitrogen and oxygen atoms in total. The zero-order chi connectivity index (χ0) is 23.0. The average Bonchev–Trinajstić information content (AvgIpc) is 2.75. The van der Waals surface area contributed by atoms with Gasteiger partial charge in [-0.2, -0.15) is 0 Å². The maximum atomic E-state index is 13.0. The summed E-state index contributed by atoms with van der Waals surface area (Å²) in [6.45, 7) is 10.6. The van der Waals surface area contributed by atoms with Crippen LogP contribution in [0.25, 0.3) is 0 Å². The molecule has 0 aliphatic heterocycles. The number of carbonyl (C=O) groups excluding carboxylic acids is 2. The summed E-state index contributed by atoms with van der Waals surface area (Å²) < 4.78 is 11.0. The Hall–Kier alpha value is -3.02. The minimum Gasteiger partial charge on any atom is -0.497 e. The lowest BCUT2D eigenvalue weighted by molar-refractivity contribution is -0.142. The molecule has 0 aliphatic carbocycles. The Labute approximate surface area is 185 Å². The van der Waals surface area contributed by atoms with Crippen molar-refractivity contribution in [3.63, 3.8) is 0 Å². The predicted molar refractivity (Wildman–Crippen MR) is 122 cm³/mol. The molecule has 0 saturated heterocycles. The molecule has 2 aromatic rings. The lowest BCUT2D eigenvalue weighted by Gasteiger charge is -2.28. The highest BCUT2D eigenvalue weighted by Gasteiger charge is 2.26. The Kier molecular flexibility index (Phi) is 8.48. The van der Waals surface area contributed by atoms with Gasteiger partial charge in [0.05, 0.1) is 7.11 Å². The molecular formula is C25H34N2O4. The van der Waals surface area contributed by atoms with Gasteiger partial charge in [-0.05, 0) is 54.7 Å². The Morgan fingerprint density at radius 3 is 2.32 bits per heavy atom. The summed E-state index contributed by atoms with van der Waals surface area (Å²) in [6.07, 6.45) is 0. The third-order valence-corrected chi connectivity index (χ3v) is 5.09. The lowest BCUT2D eigenvalue weighted by atomic mass is 9.87. The van der Waals surface area contributed by atoms with Gasteiger partial charge < -0.3 is 19.7 Å². The Morgan fingerprint density at radius 1 is 1.06 bits per heavy atom. The molecule has 0 saturated carbocycles. The fourth-order valence-electron chi connectivity index (χ4n) is 3.15. The number of methoxy groups -OCH3 is 1. The van der Waals surface area contributed by atoms with Gasteiger partial charge in [-0.1, -0.05) is 45.0 Å². The third-order valence-electron chi connectivity index (χ3n) is 5.09. The van der Waals surface area contributed by atoms with Gasteiger partial charge in [-0.25, -0.2) is 0 Å². The molecule has 6 heteroatoms. The molecule has 0 aromatic heterocycles. The summed E-state index contributed by atoms with van der Waals surface area (Å²) in [5.74, 6) is 0.855. The topological polar surface area (TPSA) is 67.9 Å². The van der Waals surface area contributed by atoms with E-state index in [1.54, 1.807) is 14.0 Å². The molecule has 0 bridgehead atoms. The van der Waals surface area contributed by atoms with Crippen molar-refractivity contribution in [1.82, 2.24) is 10.2 Å². The summed E-state index contributed by atoms with van der Waals surface area (Å²) in [6, 6.07) is 14.6. The molecule has 31 heavy (non-hydrogen) atoms. The number of hydrogen-bond acceptors (Lipinski definition) is 4. The molecule has 0 spiro atoms. The zero-order valence-electron chi connectivity index (χ0n) is 19.4. The summed E-state index contributed by atoms with van der Waals surface area (Å²) in [5, 5.41) is 2.78. The number of benzene rings is 2. The molecule has 168 valence electrons. The second-order valence-corrected chi connectivity index (χ2v) is 8.51. The van der Waals surface area contributed by atoms with E-state index in [9.17, 15) is 9.59 Å². The summed E-state index contributed by atoms with van der Waals surface area (Å²) in [5.41, 5.74) is 2.11. The van der Waals surface area contributed by atoms with Gasteiger partial charge in [0, 0.05) is 13.1 Å². The van der Waals surface area contributed by atoms with Crippen molar-refractivity contribution in [1.29, 1.82) is 0 Å². The number of hydrogen-bond donors (Lipinski definition) is 1. The van der Waals surface area contributed by atoms with E-state index in [1.807, 2.05) is 55.5 Å². The minimum atomic E-state index is -0.634. The highest BCUT2D eigenvalue weighted by molar-refractivity contribution is 5.87. The first-order chi connectivity index (χ1) is 14.7. The van der Waals surface area contributed by atoms with Gasteiger partial charge in [0.2, 0.25) is 5.91 Å². The molecule has 0 heterocycles. The van der Waals surface area contributed by atoms with Gasteiger partial charge >= 0.3 is 0 Å². The van der Waals surface area contributed by atoms with Gasteiger partial charge in [0.25, 0.3) is 5.91 Å². The normalized spacial score (nSPS) is 12.1. The van der Waals surface area contributed by atoms with Crippen LogP contribution >= 0.6 is 0 Å². The van der Waals surface area contributed by atoms with Gasteiger partial charge in [0.15, 0.2) is 6.61 Å². The zero-order valence-corrected chi connectivity index (χ0v) is 19.4. The SMILES string of the molecule is CCNC(=O)[C@H](C)N(Cc1cccc(OC)c1)C(=O)COc1ccc(C(C)(C)C)cc1. The number of nitrogens with one attached hydrogen (secondary N) is 1. The van der Waals surface area contributed by atoms with Crippen molar-refractivity contribution in [2.75, 3.05) is 20.3 Å². The van der Waals surface area contributed by atoms with Crippen molar-refractivity contribution < 1.29 is 19.1 Å². The van der Waals surface area contributed by atoms with E-state index in [0.29, 0.717) is 18.0 Å². The first-order valence-electron chi connectivity index (χ1n) is 10.6. The molecule has 1 N–H and O–H groups in total. The summed E-state index contributed by atoms with van der Waals surface area (Å²) >= 11 is 0. The molecule has 2 aromatic carbocycles. The summed E-state index contributed by atoms with van der Waals surface area (Å²) in [4.78, 5) is 27.0. The minimum absolute atomic E-state index is 0.0456. The Morgan fingerprint density at radius 2 is 1.74 bits per heavy atom. The maximum Gasteiger partial charge on any atom is 0.261 e. The lowest BCUT2D eigenvalue weighted by Crippen LogP contribution is -2.49. The van der Waals surface area contributed by atoms with Crippen LogP contribution in [0.5, 0.6) is 11.5 Å². The molecule has 2 amide bonds. The van der Waals surface area contributed by atoms with E-state index in [0.717, 1.165) is 5.56 Å². The molecule has 1 atom stereocenters. The van der Waals surface area contributed by atoms with Crippen LogP contribution in [-0.2, 0) is 21.5 Å². The van der Waals surface area contributed by atoms with Crippen LogP contribution in [0.1, 0.15) is 45.7 Å². The Bertz CT molecular complexity index is 872. The van der Waals surface area contributed by atoms with Crippen LogP contribution in [0.15, 0.2) is 48.5 Å². The van der Waals surface area contributed by atoms with Gasteiger partial charge in [0.1, 0.15) is 17.5 Å². The van der Waals surface area contributed by atoms with E-state index in [1.165, 1.54) is 10.5 Å². The largest absolute Gasteiger partial charge is 0.497 e. The van der Waals surface area contributed by atoms with E-state index in [-0.39, 0.29) is 30.4 Å². The van der Waals surface area contributed by atoms with Crippen LogP contribution in [0.2, 0.25) is 0 Å². The van der Waals surface area contributed by atoms with Crippen LogP contribution in [0, 0.1) is 0 Å². The van der Waals surface area contributed by atoms with E-state index < -0.39 is 6.04 Å².